The predicted molar refractivity (Wildman–Crippen MR) is 89.5 cm³/mol. The van der Waals surface area contributed by atoms with E-state index in [4.69, 9.17) is 25.8 Å². The zero-order chi connectivity index (χ0) is 17.4. The lowest BCUT2D eigenvalue weighted by atomic mass is 10.3. The molecule has 0 radical (unpaired) electrons. The van der Waals surface area contributed by atoms with Gasteiger partial charge in [-0.15, -0.1) is 0 Å². The number of hydrogen-bond acceptors (Lipinski definition) is 5. The summed E-state index contributed by atoms with van der Waals surface area (Å²) in [5.41, 5.74) is 0.474. The highest BCUT2D eigenvalue weighted by atomic mass is 35.5. The molecule has 0 bridgehead atoms. The number of rotatable bonds is 7. The van der Waals surface area contributed by atoms with Gasteiger partial charge in [0, 0.05) is 5.69 Å². The van der Waals surface area contributed by atoms with E-state index in [1.165, 1.54) is 7.11 Å². The van der Waals surface area contributed by atoms with Gasteiger partial charge in [-0.3, -0.25) is 4.79 Å². The Morgan fingerprint density at radius 2 is 1.83 bits per heavy atom. The lowest BCUT2D eigenvalue weighted by Crippen LogP contribution is -2.23. The predicted octanol–water partition coefficient (Wildman–Crippen LogP) is 2.91. The van der Waals surface area contributed by atoms with Crippen LogP contribution < -0.4 is 14.8 Å². The van der Waals surface area contributed by atoms with Crippen molar-refractivity contribution in [1.29, 1.82) is 0 Å². The SMILES string of the molecule is COc1ccc(NC(=O)COC(=O)COc2ccccc2)cc1Cl. The van der Waals surface area contributed by atoms with Gasteiger partial charge < -0.3 is 19.5 Å². The maximum atomic E-state index is 11.8. The van der Waals surface area contributed by atoms with E-state index < -0.39 is 18.5 Å². The summed E-state index contributed by atoms with van der Waals surface area (Å²) in [5.74, 6) is -0.0722. The normalized spacial score (nSPS) is 9.92. The van der Waals surface area contributed by atoms with Gasteiger partial charge in [0.25, 0.3) is 5.91 Å². The molecule has 1 amide bonds. The summed E-state index contributed by atoms with van der Waals surface area (Å²) in [7, 11) is 1.50. The average Bonchev–Trinajstić information content (AvgIpc) is 2.59. The number of halogens is 1. The van der Waals surface area contributed by atoms with Gasteiger partial charge in [0.05, 0.1) is 12.1 Å². The smallest absolute Gasteiger partial charge is 0.344 e. The van der Waals surface area contributed by atoms with E-state index in [2.05, 4.69) is 5.32 Å². The lowest BCUT2D eigenvalue weighted by molar-refractivity contribution is -0.149. The van der Waals surface area contributed by atoms with Gasteiger partial charge in [-0.2, -0.15) is 0 Å². The molecule has 0 atom stereocenters. The lowest BCUT2D eigenvalue weighted by Gasteiger charge is -2.09. The Kier molecular flexibility index (Phi) is 6.45. The Morgan fingerprint density at radius 1 is 1.08 bits per heavy atom. The standard InChI is InChI=1S/C17H16ClNO5/c1-22-15-8-7-12(9-14(15)18)19-16(20)10-24-17(21)11-23-13-5-3-2-4-6-13/h2-9H,10-11H2,1H3,(H,19,20). The summed E-state index contributed by atoms with van der Waals surface area (Å²) in [6.07, 6.45) is 0. The van der Waals surface area contributed by atoms with Crippen molar-refractivity contribution in [3.8, 4) is 11.5 Å². The van der Waals surface area contributed by atoms with Gasteiger partial charge >= 0.3 is 5.97 Å². The van der Waals surface area contributed by atoms with E-state index in [9.17, 15) is 9.59 Å². The number of carbonyl (C=O) groups is 2. The molecule has 24 heavy (non-hydrogen) atoms. The quantitative estimate of drug-likeness (QED) is 0.778. The monoisotopic (exact) mass is 349 g/mol. The molecule has 0 heterocycles. The van der Waals surface area contributed by atoms with Crippen LogP contribution in [-0.2, 0) is 14.3 Å². The van der Waals surface area contributed by atoms with E-state index in [0.717, 1.165) is 0 Å². The molecule has 0 fully saturated rings. The molecule has 0 aliphatic rings. The first-order valence-corrected chi connectivity index (χ1v) is 7.43. The van der Waals surface area contributed by atoms with Crippen LogP contribution in [0.3, 0.4) is 0 Å². The minimum absolute atomic E-state index is 0.272. The van der Waals surface area contributed by atoms with Crippen molar-refractivity contribution < 1.29 is 23.8 Å². The van der Waals surface area contributed by atoms with Crippen molar-refractivity contribution in [3.05, 3.63) is 53.6 Å². The van der Waals surface area contributed by atoms with Crippen molar-refractivity contribution in [3.63, 3.8) is 0 Å². The first kappa shape index (κ1) is 17.6. The third kappa shape index (κ3) is 5.48. The van der Waals surface area contributed by atoms with E-state index >= 15 is 0 Å². The summed E-state index contributed by atoms with van der Waals surface area (Å²) < 4.78 is 15.1. The summed E-state index contributed by atoms with van der Waals surface area (Å²) in [6.45, 7) is -0.688. The number of ether oxygens (including phenoxy) is 3. The van der Waals surface area contributed by atoms with Crippen LogP contribution in [0.4, 0.5) is 5.69 Å². The van der Waals surface area contributed by atoms with Gasteiger partial charge in [0.1, 0.15) is 11.5 Å². The Morgan fingerprint density at radius 3 is 2.50 bits per heavy atom. The van der Waals surface area contributed by atoms with Crippen molar-refractivity contribution in [2.24, 2.45) is 0 Å². The van der Waals surface area contributed by atoms with Gasteiger partial charge in [0.2, 0.25) is 0 Å². The van der Waals surface area contributed by atoms with Gasteiger partial charge in [-0.25, -0.2) is 4.79 Å². The van der Waals surface area contributed by atoms with Crippen molar-refractivity contribution >= 4 is 29.2 Å². The Bertz CT molecular complexity index is 705. The highest BCUT2D eigenvalue weighted by Crippen LogP contribution is 2.27. The molecule has 1 N–H and O–H groups in total. The number of amides is 1. The van der Waals surface area contributed by atoms with E-state index in [0.29, 0.717) is 22.2 Å². The summed E-state index contributed by atoms with van der Waals surface area (Å²) in [6, 6.07) is 13.6. The van der Waals surface area contributed by atoms with Crippen LogP contribution in [0, 0.1) is 0 Å². The maximum Gasteiger partial charge on any atom is 0.344 e. The Hall–Kier alpha value is -2.73. The van der Waals surface area contributed by atoms with E-state index in [-0.39, 0.29) is 6.61 Å². The zero-order valence-electron chi connectivity index (χ0n) is 13.0. The molecular formula is C17H16ClNO5. The molecule has 0 saturated heterocycles. The van der Waals surface area contributed by atoms with Gasteiger partial charge in [-0.05, 0) is 30.3 Å². The highest BCUT2D eigenvalue weighted by Gasteiger charge is 2.10. The van der Waals surface area contributed by atoms with Gasteiger partial charge in [-0.1, -0.05) is 29.8 Å². The molecule has 2 aromatic carbocycles. The summed E-state index contributed by atoms with van der Waals surface area (Å²) in [4.78, 5) is 23.3. The fourth-order valence-electron chi connectivity index (χ4n) is 1.79. The second-order valence-corrected chi connectivity index (χ2v) is 5.07. The fourth-order valence-corrected chi connectivity index (χ4v) is 2.05. The molecule has 6 nitrogen and oxygen atoms in total. The van der Waals surface area contributed by atoms with Crippen LogP contribution in [0.15, 0.2) is 48.5 Å². The average molecular weight is 350 g/mol. The number of esters is 1. The number of para-hydroxylation sites is 1. The van der Waals surface area contributed by atoms with E-state index in [1.54, 1.807) is 42.5 Å². The fraction of sp³-hybridized carbons (Fsp3) is 0.176. The second-order valence-electron chi connectivity index (χ2n) is 4.66. The van der Waals surface area contributed by atoms with Crippen LogP contribution in [0.25, 0.3) is 0 Å². The van der Waals surface area contributed by atoms with Crippen molar-refractivity contribution in [1.82, 2.24) is 0 Å². The maximum absolute atomic E-state index is 11.8. The summed E-state index contributed by atoms with van der Waals surface area (Å²) >= 11 is 5.96. The molecule has 7 heteroatoms. The number of carbonyl (C=O) groups excluding carboxylic acids is 2. The molecular weight excluding hydrogens is 334 g/mol. The van der Waals surface area contributed by atoms with Gasteiger partial charge in [0.15, 0.2) is 13.2 Å². The molecule has 2 aromatic rings. The largest absolute Gasteiger partial charge is 0.495 e. The highest BCUT2D eigenvalue weighted by molar-refractivity contribution is 6.32. The van der Waals surface area contributed by atoms with Crippen molar-refractivity contribution in [2.45, 2.75) is 0 Å². The number of hydrogen-bond donors (Lipinski definition) is 1. The number of nitrogens with one attached hydrogen (secondary N) is 1. The third-order valence-electron chi connectivity index (χ3n) is 2.90. The molecule has 0 aromatic heterocycles. The molecule has 126 valence electrons. The molecule has 0 aliphatic carbocycles. The van der Waals surface area contributed by atoms with Crippen molar-refractivity contribution in [2.75, 3.05) is 25.6 Å². The minimum Gasteiger partial charge on any atom is -0.495 e. The minimum atomic E-state index is -0.637. The topological polar surface area (TPSA) is 73.9 Å². The first-order valence-electron chi connectivity index (χ1n) is 7.05. The second kappa shape index (κ2) is 8.79. The third-order valence-corrected chi connectivity index (χ3v) is 3.20. The van der Waals surface area contributed by atoms with Crippen LogP contribution in [-0.4, -0.2) is 32.2 Å². The number of methoxy groups -OCH3 is 1. The Balaban J connectivity index is 1.74. The van der Waals surface area contributed by atoms with Crippen LogP contribution in [0.1, 0.15) is 0 Å². The van der Waals surface area contributed by atoms with E-state index in [1.807, 2.05) is 6.07 Å². The molecule has 0 unspecified atom stereocenters. The Labute approximate surface area is 144 Å². The van der Waals surface area contributed by atoms with Crippen LogP contribution >= 0.6 is 11.6 Å². The van der Waals surface area contributed by atoms with Crippen LogP contribution in [0.5, 0.6) is 11.5 Å². The number of benzene rings is 2. The molecule has 0 saturated carbocycles. The number of anilines is 1. The van der Waals surface area contributed by atoms with Crippen LogP contribution in [0.2, 0.25) is 5.02 Å². The molecule has 2 rings (SSSR count). The first-order chi connectivity index (χ1) is 11.6. The molecule has 0 aliphatic heterocycles. The molecule has 0 spiro atoms. The zero-order valence-corrected chi connectivity index (χ0v) is 13.7. The summed E-state index contributed by atoms with van der Waals surface area (Å²) in [5, 5.41) is 2.93.